The normalized spacial score (nSPS) is 28.1. The van der Waals surface area contributed by atoms with Crippen molar-refractivity contribution in [3.05, 3.63) is 16.1 Å². The highest BCUT2D eigenvalue weighted by Gasteiger charge is 2.35. The van der Waals surface area contributed by atoms with E-state index < -0.39 is 5.60 Å². The van der Waals surface area contributed by atoms with Gasteiger partial charge in [-0.25, -0.2) is 4.98 Å². The Balaban J connectivity index is 1.98. The van der Waals surface area contributed by atoms with E-state index in [1.54, 1.807) is 11.3 Å². The number of thiazole rings is 1. The van der Waals surface area contributed by atoms with Crippen molar-refractivity contribution in [1.29, 1.82) is 0 Å². The lowest BCUT2D eigenvalue weighted by molar-refractivity contribution is -0.0147. The van der Waals surface area contributed by atoms with Crippen molar-refractivity contribution >= 4 is 11.3 Å². The van der Waals surface area contributed by atoms with Gasteiger partial charge in [0.05, 0.1) is 16.3 Å². The molecule has 3 heteroatoms. The second kappa shape index (κ2) is 5.76. The van der Waals surface area contributed by atoms with E-state index in [9.17, 15) is 5.11 Å². The molecule has 1 aliphatic carbocycles. The maximum atomic E-state index is 10.8. The van der Waals surface area contributed by atoms with Crippen LogP contribution in [0.3, 0.4) is 0 Å². The van der Waals surface area contributed by atoms with E-state index in [0.29, 0.717) is 0 Å². The van der Waals surface area contributed by atoms with E-state index in [0.717, 1.165) is 54.6 Å². The van der Waals surface area contributed by atoms with Crippen molar-refractivity contribution < 1.29 is 5.11 Å². The van der Waals surface area contributed by atoms with Gasteiger partial charge in [0, 0.05) is 17.2 Å². The molecule has 1 aromatic heterocycles. The van der Waals surface area contributed by atoms with Gasteiger partial charge in [-0.2, -0.15) is 0 Å². The number of rotatable bonds is 3. The first-order valence-corrected chi connectivity index (χ1v) is 8.75. The summed E-state index contributed by atoms with van der Waals surface area (Å²) in [5, 5.41) is 14.1. The molecule has 0 atom stereocenters. The number of hydrogen-bond acceptors (Lipinski definition) is 3. The molecule has 2 nitrogen and oxygen atoms in total. The van der Waals surface area contributed by atoms with Crippen LogP contribution in [-0.4, -0.2) is 15.7 Å². The van der Waals surface area contributed by atoms with Crippen LogP contribution in [0.5, 0.6) is 0 Å². The molecule has 1 fully saturated rings. The SMILES string of the molecule is CC(C)C1CCC(O)(Cc2nc(C(C)(C)C)cs2)CC1. The van der Waals surface area contributed by atoms with Crippen LogP contribution in [0, 0.1) is 11.8 Å². The molecule has 1 aliphatic rings. The third-order valence-electron chi connectivity index (χ3n) is 4.70. The Bertz CT molecular complexity index is 436. The smallest absolute Gasteiger partial charge is 0.0957 e. The maximum absolute atomic E-state index is 10.8. The van der Waals surface area contributed by atoms with Gasteiger partial charge in [-0.1, -0.05) is 34.6 Å². The van der Waals surface area contributed by atoms with Crippen molar-refractivity contribution in [2.75, 3.05) is 0 Å². The minimum absolute atomic E-state index is 0.104. The predicted octanol–water partition coefficient (Wildman–Crippen LogP) is 4.56. The third kappa shape index (κ3) is 3.82. The molecule has 0 bridgehead atoms. The Morgan fingerprint density at radius 1 is 1.35 bits per heavy atom. The van der Waals surface area contributed by atoms with Gasteiger partial charge in [-0.15, -0.1) is 11.3 Å². The molecule has 0 unspecified atom stereocenters. The first-order chi connectivity index (χ1) is 9.20. The standard InChI is InChI=1S/C17H29NOS/c1-12(2)13-6-8-17(19,9-7-13)10-15-18-14(11-20-15)16(3,4)5/h11-13,19H,6-10H2,1-5H3. The molecule has 0 aromatic carbocycles. The zero-order valence-electron chi connectivity index (χ0n) is 13.6. The summed E-state index contributed by atoms with van der Waals surface area (Å²) in [6.45, 7) is 11.2. The fraction of sp³-hybridized carbons (Fsp3) is 0.824. The molecule has 114 valence electrons. The third-order valence-corrected chi connectivity index (χ3v) is 5.55. The first kappa shape index (κ1) is 16.0. The summed E-state index contributed by atoms with van der Waals surface area (Å²) >= 11 is 1.70. The van der Waals surface area contributed by atoms with E-state index >= 15 is 0 Å². The van der Waals surface area contributed by atoms with Crippen LogP contribution in [0.4, 0.5) is 0 Å². The van der Waals surface area contributed by atoms with Crippen LogP contribution in [0.2, 0.25) is 0 Å². The van der Waals surface area contributed by atoms with Crippen LogP contribution >= 0.6 is 11.3 Å². The lowest BCUT2D eigenvalue weighted by Crippen LogP contribution is -2.37. The molecule has 1 N–H and O–H groups in total. The first-order valence-electron chi connectivity index (χ1n) is 7.87. The summed E-state index contributed by atoms with van der Waals surface area (Å²) in [5.41, 5.74) is 0.738. The molecule has 1 heterocycles. The highest BCUT2D eigenvalue weighted by molar-refractivity contribution is 7.09. The number of aromatic nitrogens is 1. The topological polar surface area (TPSA) is 33.1 Å². The second-order valence-electron chi connectivity index (χ2n) is 7.86. The average molecular weight is 295 g/mol. The molecule has 1 saturated carbocycles. The zero-order valence-corrected chi connectivity index (χ0v) is 14.4. The van der Waals surface area contributed by atoms with Gasteiger partial charge >= 0.3 is 0 Å². The molecule has 0 saturated heterocycles. The van der Waals surface area contributed by atoms with E-state index in [-0.39, 0.29) is 5.41 Å². The van der Waals surface area contributed by atoms with E-state index in [2.05, 4.69) is 40.0 Å². The number of hydrogen-bond donors (Lipinski definition) is 1. The summed E-state index contributed by atoms with van der Waals surface area (Å²) in [5.74, 6) is 1.53. The highest BCUT2D eigenvalue weighted by atomic mass is 32.1. The molecule has 0 aliphatic heterocycles. The summed E-state index contributed by atoms with van der Waals surface area (Å²) in [6.07, 6.45) is 4.91. The van der Waals surface area contributed by atoms with Gasteiger partial charge in [0.15, 0.2) is 0 Å². The Morgan fingerprint density at radius 2 is 1.95 bits per heavy atom. The van der Waals surface area contributed by atoms with Crippen molar-refractivity contribution in [2.24, 2.45) is 11.8 Å². The van der Waals surface area contributed by atoms with Crippen LogP contribution in [0.15, 0.2) is 5.38 Å². The molecule has 20 heavy (non-hydrogen) atoms. The summed E-state index contributed by atoms with van der Waals surface area (Å²) in [6, 6.07) is 0. The minimum Gasteiger partial charge on any atom is -0.389 e. The molecule has 0 amide bonds. The van der Waals surface area contributed by atoms with Gasteiger partial charge in [0.1, 0.15) is 0 Å². The van der Waals surface area contributed by atoms with Crippen molar-refractivity contribution in [3.8, 4) is 0 Å². The van der Waals surface area contributed by atoms with Gasteiger partial charge in [-0.3, -0.25) is 0 Å². The molecule has 1 aromatic rings. The maximum Gasteiger partial charge on any atom is 0.0957 e. The highest BCUT2D eigenvalue weighted by Crippen LogP contribution is 2.38. The predicted molar refractivity (Wildman–Crippen MR) is 86.3 cm³/mol. The van der Waals surface area contributed by atoms with E-state index in [1.807, 2.05) is 0 Å². The van der Waals surface area contributed by atoms with Crippen molar-refractivity contribution in [2.45, 2.75) is 77.7 Å². The monoisotopic (exact) mass is 295 g/mol. The summed E-state index contributed by atoms with van der Waals surface area (Å²) in [4.78, 5) is 4.73. The number of nitrogens with zero attached hydrogens (tertiary/aromatic N) is 1. The lowest BCUT2D eigenvalue weighted by Gasteiger charge is -2.37. The second-order valence-corrected chi connectivity index (χ2v) is 8.80. The Labute approximate surface area is 127 Å². The number of aliphatic hydroxyl groups is 1. The zero-order chi connectivity index (χ0) is 15.0. The van der Waals surface area contributed by atoms with Crippen LogP contribution < -0.4 is 0 Å². The van der Waals surface area contributed by atoms with E-state index in [4.69, 9.17) is 4.98 Å². The lowest BCUT2D eigenvalue weighted by atomic mass is 9.73. The minimum atomic E-state index is -0.515. The van der Waals surface area contributed by atoms with Gasteiger partial charge in [-0.05, 0) is 37.5 Å². The molecule has 2 rings (SSSR count). The summed E-state index contributed by atoms with van der Waals surface area (Å²) < 4.78 is 0. The Morgan fingerprint density at radius 3 is 2.40 bits per heavy atom. The quantitative estimate of drug-likeness (QED) is 0.886. The van der Waals surface area contributed by atoms with Crippen molar-refractivity contribution in [1.82, 2.24) is 4.98 Å². The molecular weight excluding hydrogens is 266 g/mol. The molecular formula is C17H29NOS. The molecule has 0 radical (unpaired) electrons. The average Bonchev–Trinajstić information content (AvgIpc) is 2.77. The summed E-state index contributed by atoms with van der Waals surface area (Å²) in [7, 11) is 0. The van der Waals surface area contributed by atoms with Crippen LogP contribution in [-0.2, 0) is 11.8 Å². The van der Waals surface area contributed by atoms with Crippen LogP contribution in [0.1, 0.15) is 71.0 Å². The fourth-order valence-corrected chi connectivity index (χ4v) is 4.20. The van der Waals surface area contributed by atoms with Gasteiger partial charge in [0.25, 0.3) is 0 Å². The fourth-order valence-electron chi connectivity index (χ4n) is 3.04. The van der Waals surface area contributed by atoms with Gasteiger partial charge < -0.3 is 5.11 Å². The largest absolute Gasteiger partial charge is 0.389 e. The van der Waals surface area contributed by atoms with Gasteiger partial charge in [0.2, 0.25) is 0 Å². The Hall–Kier alpha value is -0.410. The van der Waals surface area contributed by atoms with E-state index in [1.165, 1.54) is 0 Å². The molecule has 0 spiro atoms. The Kier molecular flexibility index (Phi) is 4.60. The van der Waals surface area contributed by atoms with Crippen LogP contribution in [0.25, 0.3) is 0 Å². The van der Waals surface area contributed by atoms with Crippen molar-refractivity contribution in [3.63, 3.8) is 0 Å².